The summed E-state index contributed by atoms with van der Waals surface area (Å²) in [6.07, 6.45) is 0. The van der Waals surface area contributed by atoms with E-state index < -0.39 is 10.7 Å². The van der Waals surface area contributed by atoms with Gasteiger partial charge in [-0.25, -0.2) is 4.79 Å². The molecule has 1 rings (SSSR count). The molecule has 1 fully saturated rings. The minimum Gasteiger partial charge on any atom is -0.634 e. The number of quaternary nitrogens is 2. The first-order valence-corrected chi connectivity index (χ1v) is 3.44. The zero-order valence-electron chi connectivity index (χ0n) is 6.08. The number of hydrogen-bond acceptors (Lipinski definition) is 3. The first-order valence-electron chi connectivity index (χ1n) is 3.44. The summed E-state index contributed by atoms with van der Waals surface area (Å²) in [5, 5.41) is 22.0. The van der Waals surface area contributed by atoms with Gasteiger partial charge in [0.05, 0.1) is 0 Å². The van der Waals surface area contributed by atoms with E-state index >= 15 is 0 Å². The van der Waals surface area contributed by atoms with Crippen LogP contribution in [0.15, 0.2) is 0 Å². The molecule has 1 saturated heterocycles. The van der Waals surface area contributed by atoms with E-state index in [0.717, 1.165) is 0 Å². The third kappa shape index (κ3) is 1.66. The minimum absolute atomic E-state index is 0.00810. The van der Waals surface area contributed by atoms with E-state index in [2.05, 4.69) is 0 Å². The summed E-state index contributed by atoms with van der Waals surface area (Å²) in [4.78, 5) is 10.6. The van der Waals surface area contributed by atoms with Crippen molar-refractivity contribution < 1.29 is 14.5 Å². The summed E-state index contributed by atoms with van der Waals surface area (Å²) >= 11 is 0. The lowest BCUT2D eigenvalue weighted by molar-refractivity contribution is -0.942. The first kappa shape index (κ1) is 8.41. The van der Waals surface area contributed by atoms with Crippen molar-refractivity contribution in [3.8, 4) is 0 Å². The van der Waals surface area contributed by atoms with Gasteiger partial charge in [0.1, 0.15) is 26.2 Å². The topological polar surface area (TPSA) is 93.7 Å². The van der Waals surface area contributed by atoms with E-state index in [0.29, 0.717) is 0 Å². The lowest BCUT2D eigenvalue weighted by Crippen LogP contribution is -3.11. The van der Waals surface area contributed by atoms with E-state index in [1.165, 1.54) is 0 Å². The number of primary amides is 1. The maximum atomic E-state index is 11.3. The third-order valence-corrected chi connectivity index (χ3v) is 1.91. The highest BCUT2D eigenvalue weighted by atomic mass is 16.6. The van der Waals surface area contributed by atoms with Crippen LogP contribution in [0.4, 0.5) is 4.79 Å². The van der Waals surface area contributed by atoms with Gasteiger partial charge >= 0.3 is 6.03 Å². The van der Waals surface area contributed by atoms with Crippen molar-refractivity contribution in [3.63, 3.8) is 0 Å². The summed E-state index contributed by atoms with van der Waals surface area (Å²) in [5.41, 5.74) is 4.86. The molecule has 0 bridgehead atoms. The molecule has 0 radical (unpaired) electrons. The highest BCUT2D eigenvalue weighted by Gasteiger charge is 2.30. The zero-order valence-corrected chi connectivity index (χ0v) is 6.08. The van der Waals surface area contributed by atoms with Crippen molar-refractivity contribution in [1.29, 1.82) is 0 Å². The van der Waals surface area contributed by atoms with E-state index in [1.54, 1.807) is 0 Å². The summed E-state index contributed by atoms with van der Waals surface area (Å²) in [6.45, 7) is 0.362. The molecular weight excluding hydrogens is 150 g/mol. The van der Waals surface area contributed by atoms with Crippen LogP contribution in [-0.2, 0) is 0 Å². The van der Waals surface area contributed by atoms with Gasteiger partial charge in [-0.15, -0.1) is 0 Å². The number of hydrogen-bond donors (Lipinski definition) is 2. The van der Waals surface area contributed by atoms with Crippen LogP contribution in [0.1, 0.15) is 0 Å². The first-order chi connectivity index (χ1) is 5.04. The smallest absolute Gasteiger partial charge is 0.414 e. The molecule has 1 aliphatic heterocycles. The average molecular weight is 161 g/mol. The van der Waals surface area contributed by atoms with E-state index in [4.69, 9.17) is 5.73 Å². The molecule has 0 aromatic carbocycles. The number of hydroxylamine groups is 5. The van der Waals surface area contributed by atoms with Gasteiger partial charge in [0.25, 0.3) is 0 Å². The van der Waals surface area contributed by atoms with Crippen LogP contribution in [0.2, 0.25) is 0 Å². The SMILES string of the molecule is NC(=O)[N+]1([O-])CC[NH+]([O-])CC1. The fraction of sp³-hybridized carbons (Fsp3) is 0.800. The van der Waals surface area contributed by atoms with E-state index in [9.17, 15) is 15.2 Å². The summed E-state index contributed by atoms with van der Waals surface area (Å²) in [5.74, 6) is 0. The molecule has 0 aromatic heterocycles. The van der Waals surface area contributed by atoms with Crippen molar-refractivity contribution in [2.24, 2.45) is 5.73 Å². The molecule has 0 aromatic rings. The number of rotatable bonds is 0. The molecule has 64 valence electrons. The van der Waals surface area contributed by atoms with Gasteiger partial charge in [-0.05, 0) is 0 Å². The molecule has 2 amide bonds. The Balaban J connectivity index is 2.55. The standard InChI is InChI=1S/C5H11N3O3/c6-5(9)8(11)3-1-7(10)2-4-8/h7H,1-4H2,(H2,6,9). The van der Waals surface area contributed by atoms with E-state index in [-0.39, 0.29) is 31.2 Å². The van der Waals surface area contributed by atoms with Crippen LogP contribution in [0.3, 0.4) is 0 Å². The largest absolute Gasteiger partial charge is 0.634 e. The summed E-state index contributed by atoms with van der Waals surface area (Å²) in [6, 6.07) is -0.891. The highest BCUT2D eigenvalue weighted by molar-refractivity contribution is 5.64. The lowest BCUT2D eigenvalue weighted by Gasteiger charge is -2.43. The van der Waals surface area contributed by atoms with E-state index in [1.807, 2.05) is 0 Å². The number of urea groups is 1. The lowest BCUT2D eigenvalue weighted by atomic mass is 10.4. The fourth-order valence-electron chi connectivity index (χ4n) is 1.07. The van der Waals surface area contributed by atoms with Crippen LogP contribution in [0.5, 0.6) is 0 Å². The second-order valence-electron chi connectivity index (χ2n) is 2.71. The van der Waals surface area contributed by atoms with Crippen LogP contribution in [-0.4, -0.2) is 36.9 Å². The maximum Gasteiger partial charge on any atom is 0.414 e. The van der Waals surface area contributed by atoms with Gasteiger partial charge in [0.2, 0.25) is 0 Å². The second kappa shape index (κ2) is 2.74. The van der Waals surface area contributed by atoms with Gasteiger partial charge in [-0.2, -0.15) is 0 Å². The average Bonchev–Trinajstić information content (AvgIpc) is 1.95. The Hall–Kier alpha value is -0.690. The Labute approximate surface area is 63.9 Å². The monoisotopic (exact) mass is 161 g/mol. The quantitative estimate of drug-likeness (QED) is 0.311. The van der Waals surface area contributed by atoms with Crippen molar-refractivity contribution in [2.45, 2.75) is 0 Å². The van der Waals surface area contributed by atoms with Crippen molar-refractivity contribution >= 4 is 6.03 Å². The van der Waals surface area contributed by atoms with Gasteiger partial charge in [0.15, 0.2) is 0 Å². The minimum atomic E-state index is -1.04. The van der Waals surface area contributed by atoms with Gasteiger partial charge < -0.3 is 21.2 Å². The fourth-order valence-corrected chi connectivity index (χ4v) is 1.07. The molecule has 0 unspecified atom stereocenters. The molecule has 6 nitrogen and oxygen atoms in total. The van der Waals surface area contributed by atoms with Crippen LogP contribution in [0, 0.1) is 10.4 Å². The molecule has 3 N–H and O–H groups in total. The number of carbonyl (C=O) groups is 1. The molecule has 0 aliphatic carbocycles. The second-order valence-corrected chi connectivity index (χ2v) is 2.71. The molecule has 0 saturated carbocycles. The molecule has 11 heavy (non-hydrogen) atoms. The van der Waals surface area contributed by atoms with Crippen molar-refractivity contribution in [2.75, 3.05) is 26.2 Å². The highest BCUT2D eigenvalue weighted by Crippen LogP contribution is 2.02. The van der Waals surface area contributed by atoms with Crippen LogP contribution < -0.4 is 10.8 Å². The van der Waals surface area contributed by atoms with Gasteiger partial charge in [-0.3, -0.25) is 4.65 Å². The number of carbonyl (C=O) groups excluding carboxylic acids is 1. The van der Waals surface area contributed by atoms with Crippen molar-refractivity contribution in [3.05, 3.63) is 10.4 Å². The Morgan fingerprint density at radius 2 is 1.91 bits per heavy atom. The van der Waals surface area contributed by atoms with Crippen LogP contribution in [0.25, 0.3) is 0 Å². The molecule has 0 spiro atoms. The molecule has 0 atom stereocenters. The number of amides is 2. The van der Waals surface area contributed by atoms with Crippen molar-refractivity contribution in [1.82, 2.24) is 0 Å². The molecular formula is C5H11N3O3. The molecule has 6 heteroatoms. The number of nitrogens with zero attached hydrogens (tertiary/aromatic N) is 1. The molecule has 1 aliphatic rings. The Morgan fingerprint density at radius 3 is 2.27 bits per heavy atom. The summed E-state index contributed by atoms with van der Waals surface area (Å²) < 4.78 is -1.04. The predicted octanol–water partition coefficient (Wildman–Crippen LogP) is -2.22. The zero-order chi connectivity index (χ0) is 8.48. The summed E-state index contributed by atoms with van der Waals surface area (Å²) in [7, 11) is 0. The number of nitrogens with two attached hydrogens (primary N) is 1. The predicted molar refractivity (Wildman–Crippen MR) is 37.0 cm³/mol. The Morgan fingerprint density at radius 1 is 1.45 bits per heavy atom. The molecule has 1 heterocycles. The Kier molecular flexibility index (Phi) is 2.10. The van der Waals surface area contributed by atoms with Gasteiger partial charge in [-0.1, -0.05) is 0 Å². The normalized spacial score (nSPS) is 38.5. The van der Waals surface area contributed by atoms with Gasteiger partial charge in [0, 0.05) is 0 Å². The maximum absolute atomic E-state index is 11.3. The number of nitrogens with one attached hydrogen (secondary N) is 1. The third-order valence-electron chi connectivity index (χ3n) is 1.91. The Bertz CT molecular complexity index is 164. The number of piperazine rings is 1. The van der Waals surface area contributed by atoms with Crippen LogP contribution >= 0.6 is 0 Å².